The van der Waals surface area contributed by atoms with Gasteiger partial charge in [0.2, 0.25) is 0 Å². The van der Waals surface area contributed by atoms with Gasteiger partial charge in [-0.2, -0.15) is 0 Å². The summed E-state index contributed by atoms with van der Waals surface area (Å²) in [4.78, 5) is 0. The molecule has 0 bridgehead atoms. The van der Waals surface area contributed by atoms with Gasteiger partial charge in [-0.1, -0.05) is 57.4 Å². The van der Waals surface area contributed by atoms with Crippen molar-refractivity contribution >= 4 is 0 Å². The van der Waals surface area contributed by atoms with Crippen LogP contribution in [0.5, 0.6) is 0 Å². The lowest BCUT2D eigenvalue weighted by atomic mass is 9.87. The van der Waals surface area contributed by atoms with Crippen LogP contribution in [0.1, 0.15) is 46.5 Å². The second-order valence-electron chi connectivity index (χ2n) is 4.11. The molecule has 0 amide bonds. The molecule has 13 heavy (non-hydrogen) atoms. The molecule has 74 valence electrons. The minimum atomic E-state index is 0.759. The fraction of sp³-hybridized carbons (Fsp3) is 0.692. The van der Waals surface area contributed by atoms with Crippen LogP contribution in [-0.4, -0.2) is 0 Å². The minimum Gasteiger partial charge on any atom is -0.0773 e. The number of allylic oxidation sites excluding steroid dienone is 4. The zero-order valence-corrected chi connectivity index (χ0v) is 9.22. The molecule has 2 unspecified atom stereocenters. The predicted octanol–water partition coefficient (Wildman–Crippen LogP) is 4.34. The smallest absolute Gasteiger partial charge is 0.00144 e. The van der Waals surface area contributed by atoms with Crippen LogP contribution in [0.25, 0.3) is 0 Å². The van der Waals surface area contributed by atoms with Crippen LogP contribution < -0.4 is 0 Å². The molecule has 1 aliphatic rings. The molecule has 0 radical (unpaired) electrons. The predicted molar refractivity (Wildman–Crippen MR) is 59.7 cm³/mol. The van der Waals surface area contributed by atoms with Crippen molar-refractivity contribution < 1.29 is 0 Å². The number of unbranched alkanes of at least 4 members (excludes halogenated alkanes) is 1. The van der Waals surface area contributed by atoms with E-state index in [-0.39, 0.29) is 0 Å². The fourth-order valence-corrected chi connectivity index (χ4v) is 1.99. The average Bonchev–Trinajstić information content (AvgIpc) is 2.61. The Morgan fingerprint density at radius 3 is 2.77 bits per heavy atom. The molecule has 1 rings (SSSR count). The lowest BCUT2D eigenvalue weighted by Gasteiger charge is -2.18. The Hall–Kier alpha value is -0.520. The first-order valence-corrected chi connectivity index (χ1v) is 5.67. The van der Waals surface area contributed by atoms with E-state index in [0.29, 0.717) is 0 Å². The van der Waals surface area contributed by atoms with Gasteiger partial charge in [0.05, 0.1) is 0 Å². The number of hydrogen-bond acceptors (Lipinski definition) is 0. The van der Waals surface area contributed by atoms with Gasteiger partial charge >= 0.3 is 0 Å². The molecule has 0 saturated carbocycles. The molecule has 0 heterocycles. The van der Waals surface area contributed by atoms with Crippen LogP contribution in [0.2, 0.25) is 0 Å². The van der Waals surface area contributed by atoms with Gasteiger partial charge in [0.1, 0.15) is 0 Å². The molecular weight excluding hydrogens is 156 g/mol. The van der Waals surface area contributed by atoms with Crippen molar-refractivity contribution in [3.63, 3.8) is 0 Å². The zero-order chi connectivity index (χ0) is 9.68. The van der Waals surface area contributed by atoms with Gasteiger partial charge in [0, 0.05) is 0 Å². The molecule has 0 heteroatoms. The van der Waals surface area contributed by atoms with Crippen LogP contribution >= 0.6 is 0 Å². The summed E-state index contributed by atoms with van der Waals surface area (Å²) in [5.74, 6) is 1.53. The highest BCUT2D eigenvalue weighted by molar-refractivity contribution is 5.28. The number of hydrogen-bond donors (Lipinski definition) is 0. The average molecular weight is 178 g/mol. The third-order valence-electron chi connectivity index (χ3n) is 3.11. The largest absolute Gasteiger partial charge is 0.0773 e. The standard InChI is InChI=1S/C13H22/c1-4-6-8-12-9-7-10-13(12)11(3)5-2/h7,9-12H,4-6,8H2,1-3H3. The lowest BCUT2D eigenvalue weighted by molar-refractivity contribution is 0.536. The molecule has 0 spiro atoms. The highest BCUT2D eigenvalue weighted by Gasteiger charge is 2.17. The summed E-state index contributed by atoms with van der Waals surface area (Å²) in [7, 11) is 0. The Morgan fingerprint density at radius 2 is 2.15 bits per heavy atom. The van der Waals surface area contributed by atoms with E-state index < -0.39 is 0 Å². The fourth-order valence-electron chi connectivity index (χ4n) is 1.99. The van der Waals surface area contributed by atoms with Crippen molar-refractivity contribution in [2.75, 3.05) is 0 Å². The van der Waals surface area contributed by atoms with E-state index in [1.807, 2.05) is 0 Å². The van der Waals surface area contributed by atoms with Crippen molar-refractivity contribution in [1.29, 1.82) is 0 Å². The summed E-state index contributed by atoms with van der Waals surface area (Å²) < 4.78 is 0. The monoisotopic (exact) mass is 178 g/mol. The number of rotatable bonds is 5. The lowest BCUT2D eigenvalue weighted by Crippen LogP contribution is -2.06. The SMILES string of the molecule is CCCCC1C=CC=C1C(C)CC. The van der Waals surface area contributed by atoms with Crippen LogP contribution in [-0.2, 0) is 0 Å². The summed E-state index contributed by atoms with van der Waals surface area (Å²) in [6.45, 7) is 6.89. The van der Waals surface area contributed by atoms with Crippen LogP contribution in [0.4, 0.5) is 0 Å². The van der Waals surface area contributed by atoms with Gasteiger partial charge in [-0.15, -0.1) is 0 Å². The second-order valence-corrected chi connectivity index (χ2v) is 4.11. The van der Waals surface area contributed by atoms with Gasteiger partial charge < -0.3 is 0 Å². The Bertz CT molecular complexity index is 198. The van der Waals surface area contributed by atoms with Gasteiger partial charge in [-0.25, -0.2) is 0 Å². The van der Waals surface area contributed by atoms with Crippen LogP contribution in [0.3, 0.4) is 0 Å². The van der Waals surface area contributed by atoms with Crippen molar-refractivity contribution in [1.82, 2.24) is 0 Å². The van der Waals surface area contributed by atoms with Crippen LogP contribution in [0.15, 0.2) is 23.8 Å². The molecule has 1 aliphatic carbocycles. The van der Waals surface area contributed by atoms with E-state index >= 15 is 0 Å². The molecule has 2 atom stereocenters. The maximum Gasteiger partial charge on any atom is -0.00144 e. The molecule has 0 fully saturated rings. The highest BCUT2D eigenvalue weighted by atomic mass is 14.2. The molecule has 0 aliphatic heterocycles. The zero-order valence-electron chi connectivity index (χ0n) is 9.22. The third-order valence-corrected chi connectivity index (χ3v) is 3.11. The first-order chi connectivity index (χ1) is 6.29. The quantitative estimate of drug-likeness (QED) is 0.587. The molecule has 0 nitrogen and oxygen atoms in total. The van der Waals surface area contributed by atoms with Crippen LogP contribution in [0, 0.1) is 11.8 Å². The second kappa shape index (κ2) is 5.26. The molecule has 0 aromatic heterocycles. The van der Waals surface area contributed by atoms with Gasteiger partial charge in [0.25, 0.3) is 0 Å². The van der Waals surface area contributed by atoms with Gasteiger partial charge in [-0.05, 0) is 24.7 Å². The van der Waals surface area contributed by atoms with E-state index in [9.17, 15) is 0 Å². The summed E-state index contributed by atoms with van der Waals surface area (Å²) in [5.41, 5.74) is 1.66. The summed E-state index contributed by atoms with van der Waals surface area (Å²) >= 11 is 0. The Labute approximate surface area is 82.7 Å². The maximum atomic E-state index is 2.37. The van der Waals surface area contributed by atoms with Gasteiger partial charge in [0.15, 0.2) is 0 Å². The Balaban J connectivity index is 2.46. The van der Waals surface area contributed by atoms with E-state index in [4.69, 9.17) is 0 Å². The topological polar surface area (TPSA) is 0 Å². The van der Waals surface area contributed by atoms with Crippen molar-refractivity contribution in [2.45, 2.75) is 46.5 Å². The van der Waals surface area contributed by atoms with Crippen molar-refractivity contribution in [2.24, 2.45) is 11.8 Å². The van der Waals surface area contributed by atoms with E-state index in [0.717, 1.165) is 11.8 Å². The maximum absolute atomic E-state index is 2.37. The van der Waals surface area contributed by atoms with Crippen molar-refractivity contribution in [3.05, 3.63) is 23.8 Å². The summed E-state index contributed by atoms with van der Waals surface area (Å²) in [6, 6.07) is 0. The highest BCUT2D eigenvalue weighted by Crippen LogP contribution is 2.31. The molecule has 0 aromatic carbocycles. The first-order valence-electron chi connectivity index (χ1n) is 5.67. The van der Waals surface area contributed by atoms with E-state index in [1.54, 1.807) is 5.57 Å². The van der Waals surface area contributed by atoms with E-state index in [2.05, 4.69) is 39.0 Å². The van der Waals surface area contributed by atoms with Gasteiger partial charge in [-0.3, -0.25) is 0 Å². The summed E-state index contributed by atoms with van der Waals surface area (Å²) in [6.07, 6.45) is 12.2. The molecule has 0 saturated heterocycles. The molecular formula is C13H22. The first kappa shape index (κ1) is 10.6. The Morgan fingerprint density at radius 1 is 1.38 bits per heavy atom. The molecule has 0 N–H and O–H groups in total. The molecule has 0 aromatic rings. The van der Waals surface area contributed by atoms with Crippen molar-refractivity contribution in [3.8, 4) is 0 Å². The minimum absolute atomic E-state index is 0.759. The summed E-state index contributed by atoms with van der Waals surface area (Å²) in [5, 5.41) is 0. The third kappa shape index (κ3) is 2.72. The van der Waals surface area contributed by atoms with E-state index in [1.165, 1.54) is 25.7 Å². The normalized spacial score (nSPS) is 23.3. The Kier molecular flexibility index (Phi) is 4.27.